The van der Waals surface area contributed by atoms with Gasteiger partial charge in [0.05, 0.1) is 0 Å². The lowest BCUT2D eigenvalue weighted by molar-refractivity contribution is -0.153. The Hall–Kier alpha value is -1.36. The van der Waals surface area contributed by atoms with Gasteiger partial charge in [-0.25, -0.2) is 4.79 Å². The van der Waals surface area contributed by atoms with Crippen molar-refractivity contribution >= 4 is 27.8 Å². The maximum absolute atomic E-state index is 12.6. The number of rotatable bonds is 3. The van der Waals surface area contributed by atoms with Gasteiger partial charge in [-0.1, -0.05) is 48.8 Å². The fourth-order valence-corrected chi connectivity index (χ4v) is 3.15. The molecule has 1 aliphatic heterocycles. The normalized spacial score (nSPS) is 19.3. The van der Waals surface area contributed by atoms with Crippen molar-refractivity contribution in [3.63, 3.8) is 0 Å². The zero-order valence-corrected chi connectivity index (χ0v) is 14.1. The van der Waals surface area contributed by atoms with E-state index in [0.29, 0.717) is 13.0 Å². The maximum Gasteiger partial charge on any atom is 0.326 e. The van der Waals surface area contributed by atoms with Gasteiger partial charge in [-0.05, 0) is 23.1 Å². The highest BCUT2D eigenvalue weighted by atomic mass is 79.9. The molecule has 21 heavy (non-hydrogen) atoms. The number of carbonyl (C=O) groups excluding carboxylic acids is 1. The third kappa shape index (κ3) is 3.12. The van der Waals surface area contributed by atoms with Gasteiger partial charge in [0.15, 0.2) is 0 Å². The Morgan fingerprint density at radius 3 is 2.57 bits per heavy atom. The van der Waals surface area contributed by atoms with E-state index in [0.717, 1.165) is 15.6 Å². The Labute approximate surface area is 133 Å². The van der Waals surface area contributed by atoms with Crippen LogP contribution in [0, 0.1) is 11.8 Å². The second kappa shape index (κ2) is 6.18. The van der Waals surface area contributed by atoms with Gasteiger partial charge in [0.1, 0.15) is 6.04 Å². The molecule has 0 bridgehead atoms. The van der Waals surface area contributed by atoms with Crippen molar-refractivity contribution in [1.29, 1.82) is 0 Å². The molecule has 0 radical (unpaired) electrons. The third-order valence-electron chi connectivity index (χ3n) is 4.29. The molecular formula is C16H20BrNO3. The Morgan fingerprint density at radius 1 is 1.33 bits per heavy atom. The van der Waals surface area contributed by atoms with Gasteiger partial charge in [-0.15, -0.1) is 0 Å². The van der Waals surface area contributed by atoms with Crippen LogP contribution in [0.15, 0.2) is 22.7 Å². The molecule has 1 aromatic rings. The highest BCUT2D eigenvalue weighted by Crippen LogP contribution is 2.31. The summed E-state index contributed by atoms with van der Waals surface area (Å²) in [7, 11) is 0. The van der Waals surface area contributed by atoms with Gasteiger partial charge in [0, 0.05) is 23.4 Å². The van der Waals surface area contributed by atoms with Crippen molar-refractivity contribution in [2.24, 2.45) is 11.8 Å². The average Bonchev–Trinajstić information content (AvgIpc) is 2.44. The fraction of sp³-hybridized carbons (Fsp3) is 0.500. The number of nitrogens with zero attached hydrogens (tertiary/aromatic N) is 1. The molecule has 1 aliphatic rings. The lowest BCUT2D eigenvalue weighted by Crippen LogP contribution is -2.51. The summed E-state index contributed by atoms with van der Waals surface area (Å²) in [5.41, 5.74) is 2.01. The van der Waals surface area contributed by atoms with Gasteiger partial charge in [-0.3, -0.25) is 4.79 Å². The number of hydrogen-bond donors (Lipinski definition) is 1. The fourth-order valence-electron chi connectivity index (χ4n) is 2.58. The van der Waals surface area contributed by atoms with Crippen LogP contribution in [0.3, 0.4) is 0 Å². The molecule has 0 aliphatic carbocycles. The van der Waals surface area contributed by atoms with Crippen molar-refractivity contribution in [2.75, 3.05) is 0 Å². The Morgan fingerprint density at radius 2 is 2.00 bits per heavy atom. The highest BCUT2D eigenvalue weighted by molar-refractivity contribution is 9.10. The van der Waals surface area contributed by atoms with Crippen LogP contribution >= 0.6 is 15.9 Å². The molecule has 2 unspecified atom stereocenters. The molecule has 1 N–H and O–H groups in total. The summed E-state index contributed by atoms with van der Waals surface area (Å²) in [5.74, 6) is -1.01. The zero-order chi connectivity index (χ0) is 15.7. The van der Waals surface area contributed by atoms with Crippen LogP contribution in [0.5, 0.6) is 0 Å². The minimum absolute atomic E-state index is 0.0805. The molecule has 2 atom stereocenters. The summed E-state index contributed by atoms with van der Waals surface area (Å²) in [6.07, 6.45) is 0.350. The molecule has 1 aromatic carbocycles. The third-order valence-corrected chi connectivity index (χ3v) is 5.03. The van der Waals surface area contributed by atoms with Gasteiger partial charge in [0.2, 0.25) is 5.91 Å². The second-order valence-electron chi connectivity index (χ2n) is 5.93. The van der Waals surface area contributed by atoms with Crippen LogP contribution in [-0.2, 0) is 22.6 Å². The lowest BCUT2D eigenvalue weighted by atomic mass is 9.90. The predicted molar refractivity (Wildman–Crippen MR) is 83.8 cm³/mol. The summed E-state index contributed by atoms with van der Waals surface area (Å²) in [6.45, 7) is 6.18. The van der Waals surface area contributed by atoms with Crippen molar-refractivity contribution in [3.8, 4) is 0 Å². The number of halogens is 1. The maximum atomic E-state index is 12.6. The quantitative estimate of drug-likeness (QED) is 0.908. The van der Waals surface area contributed by atoms with E-state index in [1.165, 1.54) is 4.90 Å². The van der Waals surface area contributed by atoms with E-state index >= 15 is 0 Å². The van der Waals surface area contributed by atoms with Crippen molar-refractivity contribution in [3.05, 3.63) is 33.8 Å². The Bertz CT molecular complexity index is 571. The molecule has 0 spiro atoms. The van der Waals surface area contributed by atoms with E-state index in [1.54, 1.807) is 0 Å². The van der Waals surface area contributed by atoms with Gasteiger partial charge in [-0.2, -0.15) is 0 Å². The van der Waals surface area contributed by atoms with Gasteiger partial charge < -0.3 is 10.0 Å². The van der Waals surface area contributed by atoms with Crippen molar-refractivity contribution in [2.45, 2.75) is 39.8 Å². The standard InChI is InChI=1S/C16H20BrNO3/c1-9(2)10(3)15(19)18-8-11-5-4-6-13(17)12(11)7-14(18)16(20)21/h4-6,9-10,14H,7-8H2,1-3H3,(H,20,21). The number of carboxylic acid groups (broad SMARTS) is 1. The van der Waals surface area contributed by atoms with Crippen LogP contribution < -0.4 is 0 Å². The Balaban J connectivity index is 2.37. The summed E-state index contributed by atoms with van der Waals surface area (Å²) < 4.78 is 0.912. The molecule has 0 saturated carbocycles. The molecule has 2 rings (SSSR count). The minimum atomic E-state index is -0.944. The summed E-state index contributed by atoms with van der Waals surface area (Å²) in [5, 5.41) is 9.49. The van der Waals surface area contributed by atoms with Crippen LogP contribution in [0.1, 0.15) is 31.9 Å². The number of amides is 1. The topological polar surface area (TPSA) is 57.6 Å². The Kier molecular flexibility index (Phi) is 4.71. The van der Waals surface area contributed by atoms with Crippen molar-refractivity contribution in [1.82, 2.24) is 4.90 Å². The summed E-state index contributed by atoms with van der Waals surface area (Å²) in [4.78, 5) is 25.7. The van der Waals surface area contributed by atoms with E-state index in [2.05, 4.69) is 15.9 Å². The van der Waals surface area contributed by atoms with Gasteiger partial charge >= 0.3 is 5.97 Å². The molecule has 5 heteroatoms. The summed E-state index contributed by atoms with van der Waals surface area (Å²) in [6, 6.07) is 4.99. The van der Waals surface area contributed by atoms with E-state index in [-0.39, 0.29) is 17.7 Å². The molecule has 1 amide bonds. The van der Waals surface area contributed by atoms with E-state index < -0.39 is 12.0 Å². The number of hydrogen-bond acceptors (Lipinski definition) is 2. The number of fused-ring (bicyclic) bond motifs is 1. The van der Waals surface area contributed by atoms with E-state index in [9.17, 15) is 14.7 Å². The SMILES string of the molecule is CC(C)C(C)C(=O)N1Cc2cccc(Br)c2CC1C(=O)O. The minimum Gasteiger partial charge on any atom is -0.480 e. The lowest BCUT2D eigenvalue weighted by Gasteiger charge is -2.37. The summed E-state index contributed by atoms with van der Waals surface area (Å²) >= 11 is 3.47. The molecule has 1 heterocycles. The first-order valence-electron chi connectivity index (χ1n) is 7.12. The van der Waals surface area contributed by atoms with Crippen LogP contribution in [0.4, 0.5) is 0 Å². The van der Waals surface area contributed by atoms with Gasteiger partial charge in [0.25, 0.3) is 0 Å². The number of carboxylic acids is 1. The largest absolute Gasteiger partial charge is 0.480 e. The van der Waals surface area contributed by atoms with Crippen LogP contribution in [-0.4, -0.2) is 27.9 Å². The average molecular weight is 354 g/mol. The number of carbonyl (C=O) groups is 2. The van der Waals surface area contributed by atoms with Crippen LogP contribution in [0.2, 0.25) is 0 Å². The predicted octanol–water partition coefficient (Wildman–Crippen LogP) is 3.08. The molecule has 0 saturated heterocycles. The zero-order valence-electron chi connectivity index (χ0n) is 12.5. The molecule has 0 fully saturated rings. The monoisotopic (exact) mass is 353 g/mol. The molecule has 4 nitrogen and oxygen atoms in total. The van der Waals surface area contributed by atoms with E-state index in [1.807, 2.05) is 39.0 Å². The first-order chi connectivity index (χ1) is 9.82. The van der Waals surface area contributed by atoms with E-state index in [4.69, 9.17) is 0 Å². The highest BCUT2D eigenvalue weighted by Gasteiger charge is 2.37. The molecule has 0 aromatic heterocycles. The first kappa shape index (κ1) is 16.0. The van der Waals surface area contributed by atoms with Crippen molar-refractivity contribution < 1.29 is 14.7 Å². The molecular weight excluding hydrogens is 334 g/mol. The number of aliphatic carboxylic acids is 1. The smallest absolute Gasteiger partial charge is 0.326 e. The second-order valence-corrected chi connectivity index (χ2v) is 6.79. The number of benzene rings is 1. The van der Waals surface area contributed by atoms with Crippen LogP contribution in [0.25, 0.3) is 0 Å². The first-order valence-corrected chi connectivity index (χ1v) is 7.91. The molecule has 114 valence electrons.